The van der Waals surface area contributed by atoms with Gasteiger partial charge in [0.1, 0.15) is 5.60 Å². The van der Waals surface area contributed by atoms with Crippen LogP contribution in [0.4, 0.5) is 10.7 Å². The highest BCUT2D eigenvalue weighted by Crippen LogP contribution is 2.19. The number of carbonyl (C=O) groups is 1. The first-order chi connectivity index (χ1) is 10.7. The minimum absolute atomic E-state index is 0.366. The van der Waals surface area contributed by atoms with Gasteiger partial charge in [-0.15, -0.1) is 0 Å². The molecule has 8 heteroatoms. The Labute approximate surface area is 137 Å². The summed E-state index contributed by atoms with van der Waals surface area (Å²) < 4.78 is 15.6. The van der Waals surface area contributed by atoms with Crippen LogP contribution < -0.4 is 14.4 Å². The molecule has 0 aromatic carbocycles. The molecule has 0 saturated carbocycles. The average Bonchev–Trinajstić information content (AvgIpc) is 2.49. The third-order valence-electron chi connectivity index (χ3n) is 2.90. The van der Waals surface area contributed by atoms with Crippen LogP contribution in [0.1, 0.15) is 20.8 Å². The molecule has 0 spiro atoms. The van der Waals surface area contributed by atoms with Crippen molar-refractivity contribution in [3.8, 4) is 11.8 Å². The lowest BCUT2D eigenvalue weighted by molar-refractivity contribution is 0.0303. The number of nitrogens with zero attached hydrogens (tertiary/aromatic N) is 4. The summed E-state index contributed by atoms with van der Waals surface area (Å²) in [7, 11) is 6.58. The van der Waals surface area contributed by atoms with Gasteiger partial charge in [0.15, 0.2) is 0 Å². The van der Waals surface area contributed by atoms with E-state index in [1.54, 1.807) is 13.1 Å². The number of hydrogen-bond donors (Lipinski definition) is 0. The van der Waals surface area contributed by atoms with Crippen LogP contribution in [0.15, 0.2) is 6.07 Å². The van der Waals surface area contributed by atoms with E-state index in [2.05, 4.69) is 9.97 Å². The predicted octanol–water partition coefficient (Wildman–Crippen LogP) is 1.80. The van der Waals surface area contributed by atoms with Crippen molar-refractivity contribution in [1.82, 2.24) is 14.9 Å². The van der Waals surface area contributed by atoms with Crippen LogP contribution in [0.5, 0.6) is 11.8 Å². The molecule has 0 radical (unpaired) electrons. The van der Waals surface area contributed by atoms with Crippen molar-refractivity contribution >= 4 is 12.0 Å². The van der Waals surface area contributed by atoms with Gasteiger partial charge in [0.25, 0.3) is 0 Å². The fraction of sp³-hybridized carbons (Fsp3) is 0.667. The van der Waals surface area contributed by atoms with Gasteiger partial charge in [-0.05, 0) is 20.8 Å². The van der Waals surface area contributed by atoms with Gasteiger partial charge >= 0.3 is 6.09 Å². The van der Waals surface area contributed by atoms with Crippen molar-refractivity contribution in [2.45, 2.75) is 26.4 Å². The molecule has 1 rings (SSSR count). The number of hydrogen-bond acceptors (Lipinski definition) is 7. The Morgan fingerprint density at radius 2 is 1.61 bits per heavy atom. The molecule has 0 saturated heterocycles. The first-order valence-corrected chi connectivity index (χ1v) is 7.28. The van der Waals surface area contributed by atoms with Gasteiger partial charge in [0.05, 0.1) is 20.3 Å². The fourth-order valence-corrected chi connectivity index (χ4v) is 1.60. The smallest absolute Gasteiger partial charge is 0.410 e. The summed E-state index contributed by atoms with van der Waals surface area (Å²) in [5.74, 6) is 1.29. The van der Waals surface area contributed by atoms with Gasteiger partial charge in [-0.3, -0.25) is 0 Å². The van der Waals surface area contributed by atoms with Crippen LogP contribution >= 0.6 is 0 Å². The molecular weight excluding hydrogens is 300 g/mol. The second-order valence-electron chi connectivity index (χ2n) is 6.08. The van der Waals surface area contributed by atoms with Crippen LogP contribution in [0.25, 0.3) is 0 Å². The number of ether oxygens (including phenoxy) is 3. The van der Waals surface area contributed by atoms with E-state index in [4.69, 9.17) is 14.2 Å². The van der Waals surface area contributed by atoms with E-state index < -0.39 is 5.60 Å². The zero-order valence-electron chi connectivity index (χ0n) is 14.9. The summed E-state index contributed by atoms with van der Waals surface area (Å²) in [6.07, 6.45) is -0.366. The van der Waals surface area contributed by atoms with E-state index in [1.165, 1.54) is 19.1 Å². The van der Waals surface area contributed by atoms with Gasteiger partial charge in [0.2, 0.25) is 17.7 Å². The number of carbonyl (C=O) groups excluding carboxylic acids is 1. The number of anilines is 1. The Kier molecular flexibility index (Phi) is 6.41. The second-order valence-corrected chi connectivity index (χ2v) is 6.08. The van der Waals surface area contributed by atoms with Crippen molar-refractivity contribution in [1.29, 1.82) is 0 Å². The van der Waals surface area contributed by atoms with Gasteiger partial charge in [-0.2, -0.15) is 9.97 Å². The Hall–Kier alpha value is -2.25. The number of amides is 1. The first kappa shape index (κ1) is 18.8. The van der Waals surface area contributed by atoms with Crippen LogP contribution in [0.2, 0.25) is 0 Å². The SMILES string of the molecule is COc1cc(OC)nc(N(C)CCN(C)C(=O)OC(C)(C)C)n1. The standard InChI is InChI=1S/C15H26N4O4/c1-15(2,3)23-14(20)19(5)9-8-18(4)13-16-11(21-6)10-12(17-13)22-7/h10H,8-9H2,1-7H3. The Morgan fingerprint density at radius 1 is 1.09 bits per heavy atom. The van der Waals surface area contributed by atoms with Gasteiger partial charge < -0.3 is 24.0 Å². The van der Waals surface area contributed by atoms with Crippen molar-refractivity contribution in [3.63, 3.8) is 0 Å². The number of likely N-dealkylation sites (N-methyl/N-ethyl adjacent to an activating group) is 2. The van der Waals surface area contributed by atoms with Crippen LogP contribution in [0.3, 0.4) is 0 Å². The average molecular weight is 326 g/mol. The minimum atomic E-state index is -0.513. The summed E-state index contributed by atoms with van der Waals surface area (Å²) in [5.41, 5.74) is -0.513. The van der Waals surface area contributed by atoms with Crippen LogP contribution in [-0.2, 0) is 4.74 Å². The van der Waals surface area contributed by atoms with Crippen molar-refractivity contribution in [3.05, 3.63) is 6.07 Å². The molecule has 0 unspecified atom stereocenters. The third-order valence-corrected chi connectivity index (χ3v) is 2.90. The highest BCUT2D eigenvalue weighted by Gasteiger charge is 2.20. The monoisotopic (exact) mass is 326 g/mol. The Morgan fingerprint density at radius 3 is 2.04 bits per heavy atom. The maximum atomic E-state index is 11.9. The lowest BCUT2D eigenvalue weighted by Gasteiger charge is -2.26. The maximum absolute atomic E-state index is 11.9. The number of aromatic nitrogens is 2. The summed E-state index contributed by atoms with van der Waals surface area (Å²) in [6.45, 7) is 6.50. The maximum Gasteiger partial charge on any atom is 0.410 e. The molecular formula is C15H26N4O4. The molecule has 1 amide bonds. The Bertz CT molecular complexity index is 508. The highest BCUT2D eigenvalue weighted by molar-refractivity contribution is 5.67. The zero-order chi connectivity index (χ0) is 17.6. The van der Waals surface area contributed by atoms with E-state index in [0.29, 0.717) is 30.8 Å². The van der Waals surface area contributed by atoms with Gasteiger partial charge in [-0.25, -0.2) is 4.79 Å². The van der Waals surface area contributed by atoms with Crippen molar-refractivity contribution in [2.75, 3.05) is 46.3 Å². The fourth-order valence-electron chi connectivity index (χ4n) is 1.60. The topological polar surface area (TPSA) is 77.0 Å². The molecule has 0 aliphatic carbocycles. The molecule has 8 nitrogen and oxygen atoms in total. The van der Waals surface area contributed by atoms with Crippen molar-refractivity contribution in [2.24, 2.45) is 0 Å². The van der Waals surface area contributed by atoms with Crippen molar-refractivity contribution < 1.29 is 19.0 Å². The summed E-state index contributed by atoms with van der Waals surface area (Å²) >= 11 is 0. The molecule has 1 aromatic rings. The van der Waals surface area contributed by atoms with Gasteiger partial charge in [0, 0.05) is 27.2 Å². The lowest BCUT2D eigenvalue weighted by atomic mass is 10.2. The molecule has 0 N–H and O–H groups in total. The lowest BCUT2D eigenvalue weighted by Crippen LogP contribution is -2.38. The molecule has 0 bridgehead atoms. The van der Waals surface area contributed by atoms with Crippen LogP contribution in [-0.4, -0.2) is 68.0 Å². The van der Waals surface area contributed by atoms with Gasteiger partial charge in [-0.1, -0.05) is 0 Å². The van der Waals surface area contributed by atoms with E-state index in [-0.39, 0.29) is 6.09 Å². The third kappa shape index (κ3) is 6.17. The molecule has 0 aliphatic rings. The molecule has 23 heavy (non-hydrogen) atoms. The largest absolute Gasteiger partial charge is 0.481 e. The molecule has 1 heterocycles. The number of rotatable bonds is 6. The van der Waals surface area contributed by atoms with E-state index >= 15 is 0 Å². The highest BCUT2D eigenvalue weighted by atomic mass is 16.6. The second kappa shape index (κ2) is 7.85. The normalized spacial score (nSPS) is 10.9. The molecule has 0 aliphatic heterocycles. The minimum Gasteiger partial charge on any atom is -0.481 e. The van der Waals surface area contributed by atoms with E-state index in [9.17, 15) is 4.79 Å². The van der Waals surface area contributed by atoms with Crippen LogP contribution in [0, 0.1) is 0 Å². The zero-order valence-corrected chi connectivity index (χ0v) is 14.9. The summed E-state index contributed by atoms with van der Waals surface area (Å²) in [5, 5.41) is 0. The molecule has 0 fully saturated rings. The molecule has 130 valence electrons. The first-order valence-electron chi connectivity index (χ1n) is 7.28. The number of methoxy groups -OCH3 is 2. The van der Waals surface area contributed by atoms with E-state index in [1.807, 2.05) is 32.7 Å². The van der Waals surface area contributed by atoms with E-state index in [0.717, 1.165) is 0 Å². The Balaban J connectivity index is 2.66. The summed E-state index contributed by atoms with van der Waals surface area (Å²) in [6, 6.07) is 1.60. The molecule has 0 atom stereocenters. The predicted molar refractivity (Wildman–Crippen MR) is 87.3 cm³/mol. The summed E-state index contributed by atoms with van der Waals surface area (Å²) in [4.78, 5) is 23.8. The quantitative estimate of drug-likeness (QED) is 0.789. The molecule has 1 aromatic heterocycles.